The number of carbonyl (C=O) groups excluding carboxylic acids is 1. The van der Waals surface area contributed by atoms with Crippen LogP contribution in [0.15, 0.2) is 29.5 Å². The Morgan fingerprint density at radius 1 is 1.20 bits per heavy atom. The molecule has 0 bridgehead atoms. The molecule has 20 heavy (non-hydrogen) atoms. The first-order valence-corrected chi connectivity index (χ1v) is 6.23. The van der Waals surface area contributed by atoms with Crippen molar-refractivity contribution in [1.29, 1.82) is 0 Å². The van der Waals surface area contributed by atoms with Crippen molar-refractivity contribution in [3.8, 4) is 11.1 Å². The van der Waals surface area contributed by atoms with Gasteiger partial charge in [0.2, 0.25) is 0 Å². The van der Waals surface area contributed by atoms with Gasteiger partial charge in [-0.3, -0.25) is 4.99 Å². The Hall–Kier alpha value is -2.56. The Morgan fingerprint density at radius 2 is 1.95 bits per heavy atom. The minimum absolute atomic E-state index is 0.346. The summed E-state index contributed by atoms with van der Waals surface area (Å²) in [5.74, 6) is 0.367. The zero-order valence-electron chi connectivity index (χ0n) is 11.3. The minimum atomic E-state index is -0.346. The Morgan fingerprint density at radius 3 is 2.65 bits per heavy atom. The van der Waals surface area contributed by atoms with Gasteiger partial charge in [-0.2, -0.15) is 0 Å². The van der Waals surface area contributed by atoms with Crippen LogP contribution in [0.1, 0.15) is 27.3 Å². The highest BCUT2D eigenvalue weighted by atomic mass is 16.5. The summed E-state index contributed by atoms with van der Waals surface area (Å²) in [5.41, 5.74) is 4.16. The molecule has 1 aliphatic heterocycles. The van der Waals surface area contributed by atoms with E-state index in [9.17, 15) is 4.79 Å². The zero-order chi connectivity index (χ0) is 14.1. The molecule has 1 aromatic heterocycles. The second-order valence-corrected chi connectivity index (χ2v) is 4.57. The maximum Gasteiger partial charge on any atom is 0.338 e. The van der Waals surface area contributed by atoms with Gasteiger partial charge in [-0.05, 0) is 35.7 Å². The number of aliphatic imine (C=N–C) groups is 1. The van der Waals surface area contributed by atoms with Crippen molar-refractivity contribution in [2.45, 2.75) is 13.5 Å². The van der Waals surface area contributed by atoms with Crippen LogP contribution in [0.25, 0.3) is 11.1 Å². The van der Waals surface area contributed by atoms with Crippen LogP contribution in [0.4, 0.5) is 0 Å². The van der Waals surface area contributed by atoms with Gasteiger partial charge in [0.25, 0.3) is 0 Å². The molecule has 2 aromatic rings. The number of aryl methyl sites for hydroxylation is 1. The molecule has 0 fully saturated rings. The molecule has 0 saturated carbocycles. The standard InChI is InChI=1S/C15H13N3O2/c1-9-17-6-12(7-18-9)10-3-11-5-16-8-14(11)13(4-10)15(19)20-2/h3-7H,8H2,1-2H3. The van der Waals surface area contributed by atoms with Crippen LogP contribution in [-0.2, 0) is 11.3 Å². The molecule has 0 N–H and O–H groups in total. The smallest absolute Gasteiger partial charge is 0.338 e. The molecule has 0 atom stereocenters. The van der Waals surface area contributed by atoms with Crippen LogP contribution in [0, 0.1) is 6.92 Å². The molecule has 3 rings (SSSR count). The number of hydrogen-bond acceptors (Lipinski definition) is 5. The van der Waals surface area contributed by atoms with E-state index in [-0.39, 0.29) is 5.97 Å². The monoisotopic (exact) mass is 267 g/mol. The van der Waals surface area contributed by atoms with E-state index in [1.54, 1.807) is 18.6 Å². The highest BCUT2D eigenvalue weighted by Crippen LogP contribution is 2.28. The normalized spacial score (nSPS) is 12.3. The molecule has 2 heterocycles. The lowest BCUT2D eigenvalue weighted by Gasteiger charge is -2.09. The Bertz CT molecular complexity index is 706. The van der Waals surface area contributed by atoms with Crippen molar-refractivity contribution in [2.24, 2.45) is 4.99 Å². The number of rotatable bonds is 2. The first-order valence-electron chi connectivity index (χ1n) is 6.23. The quantitative estimate of drug-likeness (QED) is 0.782. The molecule has 0 saturated heterocycles. The Labute approximate surface area is 116 Å². The van der Waals surface area contributed by atoms with Gasteiger partial charge in [-0.25, -0.2) is 14.8 Å². The third-order valence-electron chi connectivity index (χ3n) is 3.28. The van der Waals surface area contributed by atoms with E-state index in [4.69, 9.17) is 4.74 Å². The molecule has 1 aliphatic rings. The van der Waals surface area contributed by atoms with Crippen LogP contribution < -0.4 is 0 Å². The van der Waals surface area contributed by atoms with Crippen molar-refractivity contribution in [1.82, 2.24) is 9.97 Å². The van der Waals surface area contributed by atoms with Crippen molar-refractivity contribution < 1.29 is 9.53 Å². The summed E-state index contributed by atoms with van der Waals surface area (Å²) in [4.78, 5) is 24.5. The lowest BCUT2D eigenvalue weighted by atomic mass is 9.97. The Balaban J connectivity index is 2.15. The third-order valence-corrected chi connectivity index (χ3v) is 3.28. The number of methoxy groups -OCH3 is 1. The van der Waals surface area contributed by atoms with Gasteiger partial charge < -0.3 is 4.74 Å². The van der Waals surface area contributed by atoms with Gasteiger partial charge in [0.05, 0.1) is 19.2 Å². The predicted molar refractivity (Wildman–Crippen MR) is 74.8 cm³/mol. The van der Waals surface area contributed by atoms with E-state index < -0.39 is 0 Å². The number of benzene rings is 1. The molecular formula is C15H13N3O2. The second-order valence-electron chi connectivity index (χ2n) is 4.57. The minimum Gasteiger partial charge on any atom is -0.465 e. The predicted octanol–water partition coefficient (Wildman–Crippen LogP) is 2.17. The fourth-order valence-corrected chi connectivity index (χ4v) is 2.22. The maximum absolute atomic E-state index is 11.9. The van der Waals surface area contributed by atoms with Gasteiger partial charge in [-0.15, -0.1) is 0 Å². The molecule has 5 nitrogen and oxygen atoms in total. The number of fused-ring (bicyclic) bond motifs is 1. The zero-order valence-corrected chi connectivity index (χ0v) is 11.3. The fraction of sp³-hybridized carbons (Fsp3) is 0.200. The summed E-state index contributed by atoms with van der Waals surface area (Å²) in [6.07, 6.45) is 5.27. The van der Waals surface area contributed by atoms with Crippen LogP contribution in [0.3, 0.4) is 0 Å². The first-order chi connectivity index (χ1) is 9.69. The molecule has 0 spiro atoms. The van der Waals surface area contributed by atoms with E-state index in [1.807, 2.05) is 19.1 Å². The van der Waals surface area contributed by atoms with Crippen molar-refractivity contribution >= 4 is 12.2 Å². The summed E-state index contributed by atoms with van der Waals surface area (Å²) in [6, 6.07) is 3.81. The van der Waals surface area contributed by atoms with Crippen LogP contribution >= 0.6 is 0 Å². The molecule has 0 aliphatic carbocycles. The van der Waals surface area contributed by atoms with Crippen molar-refractivity contribution in [3.05, 3.63) is 47.0 Å². The average Bonchev–Trinajstić information content (AvgIpc) is 2.94. The summed E-state index contributed by atoms with van der Waals surface area (Å²) in [7, 11) is 1.38. The molecule has 0 amide bonds. The largest absolute Gasteiger partial charge is 0.465 e. The molecule has 0 unspecified atom stereocenters. The SMILES string of the molecule is COC(=O)c1cc(-c2cnc(C)nc2)cc2c1CN=C2. The average molecular weight is 267 g/mol. The second kappa shape index (κ2) is 4.85. The molecule has 1 aromatic carbocycles. The van der Waals surface area contributed by atoms with Gasteiger partial charge in [0, 0.05) is 24.2 Å². The number of esters is 1. The van der Waals surface area contributed by atoms with Crippen LogP contribution in [0.5, 0.6) is 0 Å². The van der Waals surface area contributed by atoms with Gasteiger partial charge in [0.1, 0.15) is 5.82 Å². The summed E-state index contributed by atoms with van der Waals surface area (Å²) in [5, 5.41) is 0. The van der Waals surface area contributed by atoms with Gasteiger partial charge in [0.15, 0.2) is 0 Å². The lowest BCUT2D eigenvalue weighted by Crippen LogP contribution is -2.06. The van der Waals surface area contributed by atoms with E-state index in [2.05, 4.69) is 15.0 Å². The summed E-state index contributed by atoms with van der Waals surface area (Å²) < 4.78 is 4.85. The van der Waals surface area contributed by atoms with E-state index >= 15 is 0 Å². The number of hydrogen-bond donors (Lipinski definition) is 0. The molecule has 100 valence electrons. The lowest BCUT2D eigenvalue weighted by molar-refractivity contribution is 0.0599. The summed E-state index contributed by atoms with van der Waals surface area (Å²) in [6.45, 7) is 2.35. The number of aromatic nitrogens is 2. The first kappa shape index (κ1) is 12.5. The van der Waals surface area contributed by atoms with Gasteiger partial charge >= 0.3 is 5.97 Å². The van der Waals surface area contributed by atoms with Crippen molar-refractivity contribution in [3.63, 3.8) is 0 Å². The number of ether oxygens (including phenoxy) is 1. The molecular weight excluding hydrogens is 254 g/mol. The van der Waals surface area contributed by atoms with E-state index in [1.165, 1.54) is 7.11 Å². The third kappa shape index (κ3) is 2.07. The Kier molecular flexibility index (Phi) is 3.02. The fourth-order valence-electron chi connectivity index (χ4n) is 2.22. The summed E-state index contributed by atoms with van der Waals surface area (Å²) >= 11 is 0. The highest BCUT2D eigenvalue weighted by molar-refractivity contribution is 5.98. The van der Waals surface area contributed by atoms with Gasteiger partial charge in [-0.1, -0.05) is 0 Å². The topological polar surface area (TPSA) is 64.4 Å². The van der Waals surface area contributed by atoms with Crippen molar-refractivity contribution in [2.75, 3.05) is 7.11 Å². The highest BCUT2D eigenvalue weighted by Gasteiger charge is 2.19. The van der Waals surface area contributed by atoms with Crippen LogP contribution in [-0.4, -0.2) is 29.3 Å². The number of nitrogens with zero attached hydrogens (tertiary/aromatic N) is 3. The van der Waals surface area contributed by atoms with E-state index in [0.717, 1.165) is 22.3 Å². The maximum atomic E-state index is 11.9. The number of carbonyl (C=O) groups is 1. The van der Waals surface area contributed by atoms with E-state index in [0.29, 0.717) is 17.9 Å². The molecule has 5 heteroatoms. The van der Waals surface area contributed by atoms with Crippen LogP contribution in [0.2, 0.25) is 0 Å². The molecule has 0 radical (unpaired) electrons.